The van der Waals surface area contributed by atoms with Gasteiger partial charge in [0, 0.05) is 39.0 Å². The van der Waals surface area contributed by atoms with Gasteiger partial charge in [0.25, 0.3) is 5.91 Å². The molecule has 1 saturated heterocycles. The summed E-state index contributed by atoms with van der Waals surface area (Å²) >= 11 is 0. The van der Waals surface area contributed by atoms with E-state index in [2.05, 4.69) is 49.0 Å². The number of hydrogen-bond donors (Lipinski definition) is 1. The van der Waals surface area contributed by atoms with Crippen LogP contribution in [0.4, 0.5) is 5.69 Å². The zero-order valence-electron chi connectivity index (χ0n) is 17.4. The van der Waals surface area contributed by atoms with Crippen LogP contribution in [0.15, 0.2) is 24.3 Å². The molecule has 27 heavy (non-hydrogen) atoms. The second-order valence-electron chi connectivity index (χ2n) is 9.97. The number of nitrogens with zero attached hydrogens (tertiary/aromatic N) is 2. The van der Waals surface area contributed by atoms with Crippen LogP contribution in [0.3, 0.4) is 0 Å². The van der Waals surface area contributed by atoms with Gasteiger partial charge < -0.3 is 15.1 Å². The molecule has 2 heterocycles. The first-order valence-corrected chi connectivity index (χ1v) is 10.7. The monoisotopic (exact) mass is 369 g/mol. The summed E-state index contributed by atoms with van der Waals surface area (Å²) in [4.78, 5) is 17.7. The van der Waals surface area contributed by atoms with E-state index in [-0.39, 0.29) is 11.6 Å². The highest BCUT2D eigenvalue weighted by molar-refractivity contribution is 6.02. The number of carbonyl (C=O) groups excluding carboxylic acids is 1. The molecule has 0 radical (unpaired) electrons. The first-order valence-electron chi connectivity index (χ1n) is 10.7. The van der Waals surface area contributed by atoms with Crippen LogP contribution in [0.1, 0.15) is 69.7 Å². The van der Waals surface area contributed by atoms with E-state index in [9.17, 15) is 4.79 Å². The van der Waals surface area contributed by atoms with Crippen LogP contribution in [-0.4, -0.2) is 42.6 Å². The lowest BCUT2D eigenvalue weighted by Crippen LogP contribution is -2.67. The number of benzene rings is 1. The minimum absolute atomic E-state index is 0.0860. The Morgan fingerprint density at radius 1 is 1.04 bits per heavy atom. The van der Waals surface area contributed by atoms with E-state index in [0.29, 0.717) is 5.41 Å². The fraction of sp³-hybridized carbons (Fsp3) is 0.696. The van der Waals surface area contributed by atoms with Crippen LogP contribution in [0.5, 0.6) is 0 Å². The van der Waals surface area contributed by atoms with Gasteiger partial charge in [0.05, 0.1) is 11.3 Å². The van der Waals surface area contributed by atoms with Crippen molar-refractivity contribution >= 4 is 11.6 Å². The van der Waals surface area contributed by atoms with E-state index in [4.69, 9.17) is 0 Å². The van der Waals surface area contributed by atoms with Crippen molar-refractivity contribution < 1.29 is 4.79 Å². The molecule has 1 spiro atoms. The Balaban J connectivity index is 1.40. The third-order valence-electron chi connectivity index (χ3n) is 7.56. The summed E-state index contributed by atoms with van der Waals surface area (Å²) in [6, 6.07) is 8.72. The second-order valence-corrected chi connectivity index (χ2v) is 9.97. The van der Waals surface area contributed by atoms with Crippen molar-refractivity contribution in [2.75, 3.05) is 25.0 Å². The van der Waals surface area contributed by atoms with Crippen LogP contribution in [0, 0.1) is 11.3 Å². The topological polar surface area (TPSA) is 35.6 Å². The summed E-state index contributed by atoms with van der Waals surface area (Å²) in [6.07, 6.45) is 7.39. The van der Waals surface area contributed by atoms with E-state index in [1.807, 2.05) is 18.2 Å². The third kappa shape index (κ3) is 3.37. The summed E-state index contributed by atoms with van der Waals surface area (Å²) in [6.45, 7) is 9.33. The van der Waals surface area contributed by atoms with Gasteiger partial charge in [0.1, 0.15) is 5.66 Å². The van der Waals surface area contributed by atoms with Gasteiger partial charge >= 0.3 is 0 Å². The summed E-state index contributed by atoms with van der Waals surface area (Å²) in [5.74, 6) is 0.952. The Bertz CT molecular complexity index is 692. The molecule has 1 amide bonds. The largest absolute Gasteiger partial charge is 0.351 e. The molecule has 4 heteroatoms. The van der Waals surface area contributed by atoms with Crippen molar-refractivity contribution in [1.82, 2.24) is 10.2 Å². The van der Waals surface area contributed by atoms with Crippen LogP contribution in [0.25, 0.3) is 0 Å². The molecule has 4 rings (SSSR count). The van der Waals surface area contributed by atoms with Gasteiger partial charge in [0.15, 0.2) is 0 Å². The average Bonchev–Trinajstić information content (AvgIpc) is 2.66. The predicted octanol–water partition coefficient (Wildman–Crippen LogP) is 4.26. The molecule has 0 bridgehead atoms. The van der Waals surface area contributed by atoms with Crippen molar-refractivity contribution in [3.8, 4) is 0 Å². The lowest BCUT2D eigenvalue weighted by atomic mass is 9.71. The minimum Gasteiger partial charge on any atom is -0.351 e. The molecule has 0 aromatic heterocycles. The molecule has 4 nitrogen and oxygen atoms in total. The molecule has 1 saturated carbocycles. The Morgan fingerprint density at radius 3 is 2.30 bits per heavy atom. The molecule has 1 N–H and O–H groups in total. The van der Waals surface area contributed by atoms with Gasteiger partial charge in [-0.1, -0.05) is 32.9 Å². The van der Waals surface area contributed by atoms with Crippen LogP contribution in [0.2, 0.25) is 0 Å². The van der Waals surface area contributed by atoms with Gasteiger partial charge in [-0.05, 0) is 49.1 Å². The molecule has 2 fully saturated rings. The van der Waals surface area contributed by atoms with Gasteiger partial charge in [0.2, 0.25) is 0 Å². The first kappa shape index (κ1) is 18.8. The lowest BCUT2D eigenvalue weighted by molar-refractivity contribution is 0.0495. The SMILES string of the molecule is CN1c2ccccc2C(=O)NC12CCN(C1CCC(C(C)(C)C)CC1)CC2. The Hall–Kier alpha value is -1.55. The first-order chi connectivity index (χ1) is 12.8. The van der Waals surface area contributed by atoms with Crippen molar-refractivity contribution in [1.29, 1.82) is 0 Å². The quantitative estimate of drug-likeness (QED) is 0.803. The van der Waals surface area contributed by atoms with E-state index in [1.165, 1.54) is 25.7 Å². The number of fused-ring (bicyclic) bond motifs is 1. The molecule has 148 valence electrons. The number of likely N-dealkylation sites (tertiary alicyclic amines) is 1. The summed E-state index contributed by atoms with van der Waals surface area (Å²) in [5, 5.41) is 3.35. The molecule has 1 aromatic rings. The van der Waals surface area contributed by atoms with E-state index in [1.54, 1.807) is 0 Å². The van der Waals surface area contributed by atoms with Gasteiger partial charge in [-0.2, -0.15) is 0 Å². The molecule has 1 aliphatic carbocycles. The fourth-order valence-corrected chi connectivity index (χ4v) is 5.58. The van der Waals surface area contributed by atoms with E-state index >= 15 is 0 Å². The Labute approximate surface area is 164 Å². The number of nitrogens with one attached hydrogen (secondary N) is 1. The van der Waals surface area contributed by atoms with Crippen molar-refractivity contribution in [3.63, 3.8) is 0 Å². The maximum atomic E-state index is 12.7. The lowest BCUT2D eigenvalue weighted by Gasteiger charge is -2.53. The molecular weight excluding hydrogens is 334 g/mol. The van der Waals surface area contributed by atoms with Crippen molar-refractivity contribution in [2.24, 2.45) is 11.3 Å². The van der Waals surface area contributed by atoms with E-state index < -0.39 is 0 Å². The molecule has 3 aliphatic rings. The highest BCUT2D eigenvalue weighted by atomic mass is 16.2. The molecule has 2 aliphatic heterocycles. The van der Waals surface area contributed by atoms with Gasteiger partial charge in [-0.25, -0.2) is 0 Å². The second kappa shape index (κ2) is 6.80. The minimum atomic E-state index is -0.218. The molecule has 0 unspecified atom stereocenters. The number of anilines is 1. The van der Waals surface area contributed by atoms with Crippen LogP contribution in [-0.2, 0) is 0 Å². The highest BCUT2D eigenvalue weighted by Gasteiger charge is 2.45. The van der Waals surface area contributed by atoms with Crippen molar-refractivity contribution in [3.05, 3.63) is 29.8 Å². The highest BCUT2D eigenvalue weighted by Crippen LogP contribution is 2.41. The smallest absolute Gasteiger partial charge is 0.255 e. The standard InChI is InChI=1S/C23H35N3O/c1-22(2,3)17-9-11-18(12-10-17)26-15-13-23(14-16-26)24-21(27)19-7-5-6-8-20(19)25(23)4/h5-8,17-18H,9-16H2,1-4H3,(H,24,27). The maximum absolute atomic E-state index is 12.7. The predicted molar refractivity (Wildman–Crippen MR) is 111 cm³/mol. The molecule has 1 aromatic carbocycles. The van der Waals surface area contributed by atoms with Gasteiger partial charge in [-0.15, -0.1) is 0 Å². The third-order valence-corrected chi connectivity index (χ3v) is 7.56. The van der Waals surface area contributed by atoms with Crippen molar-refractivity contribution in [2.45, 2.75) is 71.0 Å². The normalized spacial score (nSPS) is 28.7. The number of amides is 1. The maximum Gasteiger partial charge on any atom is 0.255 e. The van der Waals surface area contributed by atoms with Gasteiger partial charge in [-0.3, -0.25) is 4.79 Å². The average molecular weight is 370 g/mol. The van der Waals surface area contributed by atoms with Crippen LogP contribution >= 0.6 is 0 Å². The fourth-order valence-electron chi connectivity index (χ4n) is 5.58. The molecular formula is C23H35N3O. The zero-order chi connectivity index (χ0) is 19.2. The summed E-state index contributed by atoms with van der Waals surface area (Å²) in [7, 11) is 2.14. The zero-order valence-corrected chi connectivity index (χ0v) is 17.4. The van der Waals surface area contributed by atoms with E-state index in [0.717, 1.165) is 49.1 Å². The Morgan fingerprint density at radius 2 is 1.67 bits per heavy atom. The number of hydrogen-bond acceptors (Lipinski definition) is 3. The Kier molecular flexibility index (Phi) is 4.74. The number of para-hydroxylation sites is 1. The number of carbonyl (C=O) groups is 1. The number of rotatable bonds is 1. The summed E-state index contributed by atoms with van der Waals surface area (Å²) < 4.78 is 0. The molecule has 0 atom stereocenters. The van der Waals surface area contributed by atoms with Crippen LogP contribution < -0.4 is 10.2 Å². The number of piperidine rings is 1. The summed E-state index contributed by atoms with van der Waals surface area (Å²) in [5.41, 5.74) is 2.10.